The Kier molecular flexibility index (Phi) is 3.07. The van der Waals surface area contributed by atoms with E-state index in [1.807, 2.05) is 0 Å². The SMILES string of the molecule is Nc1ncnc2c([C@H]3O[C@H](CO)[C@@H](O)[C@H]3O)nsc12. The molecule has 3 heterocycles. The van der Waals surface area contributed by atoms with Crippen LogP contribution in [0.25, 0.3) is 10.2 Å². The maximum absolute atomic E-state index is 9.96. The van der Waals surface area contributed by atoms with Crippen LogP contribution in [0.15, 0.2) is 6.33 Å². The Hall–Kier alpha value is -1.39. The predicted molar refractivity (Wildman–Crippen MR) is 66.3 cm³/mol. The van der Waals surface area contributed by atoms with E-state index in [0.29, 0.717) is 21.7 Å². The van der Waals surface area contributed by atoms with Gasteiger partial charge in [-0.15, -0.1) is 0 Å². The zero-order chi connectivity index (χ0) is 13.6. The Morgan fingerprint density at radius 1 is 1.32 bits per heavy atom. The van der Waals surface area contributed by atoms with Crippen LogP contribution in [-0.2, 0) is 4.74 Å². The highest BCUT2D eigenvalue weighted by Gasteiger charge is 2.45. The van der Waals surface area contributed by atoms with Crippen LogP contribution < -0.4 is 5.73 Å². The second-order valence-corrected chi connectivity index (χ2v) is 5.04. The molecule has 0 radical (unpaired) electrons. The summed E-state index contributed by atoms with van der Waals surface area (Å²) < 4.78 is 10.2. The van der Waals surface area contributed by atoms with Crippen molar-refractivity contribution in [1.82, 2.24) is 14.3 Å². The number of nitrogens with zero attached hydrogens (tertiary/aromatic N) is 3. The summed E-state index contributed by atoms with van der Waals surface area (Å²) in [6, 6.07) is 0. The van der Waals surface area contributed by atoms with E-state index in [2.05, 4.69) is 14.3 Å². The van der Waals surface area contributed by atoms with E-state index >= 15 is 0 Å². The monoisotopic (exact) mass is 284 g/mol. The van der Waals surface area contributed by atoms with Crippen LogP contribution >= 0.6 is 11.5 Å². The molecular weight excluding hydrogens is 272 g/mol. The van der Waals surface area contributed by atoms with Crippen molar-refractivity contribution >= 4 is 27.6 Å². The van der Waals surface area contributed by atoms with Gasteiger partial charge >= 0.3 is 0 Å². The molecule has 1 aliphatic rings. The predicted octanol–water partition coefficient (Wildman–Crippen LogP) is -1.18. The molecule has 4 atom stereocenters. The number of ether oxygens (including phenoxy) is 1. The van der Waals surface area contributed by atoms with Crippen LogP contribution in [0.5, 0.6) is 0 Å². The zero-order valence-electron chi connectivity index (χ0n) is 9.67. The number of hydrogen-bond donors (Lipinski definition) is 4. The summed E-state index contributed by atoms with van der Waals surface area (Å²) in [4.78, 5) is 7.94. The molecule has 102 valence electrons. The summed E-state index contributed by atoms with van der Waals surface area (Å²) in [7, 11) is 0. The molecule has 9 heteroatoms. The average Bonchev–Trinajstić information content (AvgIpc) is 2.94. The third-order valence-electron chi connectivity index (χ3n) is 3.12. The van der Waals surface area contributed by atoms with Crippen molar-refractivity contribution in [3.63, 3.8) is 0 Å². The fourth-order valence-corrected chi connectivity index (χ4v) is 2.88. The number of nitrogen functional groups attached to an aromatic ring is 1. The van der Waals surface area contributed by atoms with Crippen molar-refractivity contribution in [2.45, 2.75) is 24.4 Å². The maximum Gasteiger partial charge on any atom is 0.146 e. The molecule has 1 fully saturated rings. The summed E-state index contributed by atoms with van der Waals surface area (Å²) in [5, 5.41) is 28.8. The van der Waals surface area contributed by atoms with Gasteiger partial charge in [-0.25, -0.2) is 9.97 Å². The number of aliphatic hydroxyl groups is 3. The molecule has 0 unspecified atom stereocenters. The molecule has 3 rings (SSSR count). The van der Waals surface area contributed by atoms with Gasteiger partial charge < -0.3 is 25.8 Å². The van der Waals surface area contributed by atoms with Crippen molar-refractivity contribution in [3.8, 4) is 0 Å². The maximum atomic E-state index is 9.96. The van der Waals surface area contributed by atoms with Crippen molar-refractivity contribution in [1.29, 1.82) is 0 Å². The van der Waals surface area contributed by atoms with Crippen LogP contribution in [0.2, 0.25) is 0 Å². The molecule has 8 nitrogen and oxygen atoms in total. The van der Waals surface area contributed by atoms with E-state index in [9.17, 15) is 10.2 Å². The third kappa shape index (κ3) is 1.86. The third-order valence-corrected chi connectivity index (χ3v) is 3.99. The molecule has 1 saturated heterocycles. The first-order valence-corrected chi connectivity index (χ1v) is 6.39. The van der Waals surface area contributed by atoms with Crippen LogP contribution in [0, 0.1) is 0 Å². The van der Waals surface area contributed by atoms with E-state index in [0.717, 1.165) is 11.5 Å². The molecule has 19 heavy (non-hydrogen) atoms. The van der Waals surface area contributed by atoms with Gasteiger partial charge in [0.2, 0.25) is 0 Å². The minimum Gasteiger partial charge on any atom is -0.394 e. The summed E-state index contributed by atoms with van der Waals surface area (Å²) in [6.45, 7) is -0.381. The number of aliphatic hydroxyl groups excluding tert-OH is 3. The number of anilines is 1. The first kappa shape index (κ1) is 12.6. The Labute approximate surface area is 111 Å². The Morgan fingerprint density at radius 3 is 2.79 bits per heavy atom. The average molecular weight is 284 g/mol. The fraction of sp³-hybridized carbons (Fsp3) is 0.500. The largest absolute Gasteiger partial charge is 0.394 e. The van der Waals surface area contributed by atoms with Gasteiger partial charge in [0.25, 0.3) is 0 Å². The molecular formula is C10H12N4O4S. The van der Waals surface area contributed by atoms with Crippen molar-refractivity contribution in [2.24, 2.45) is 0 Å². The highest BCUT2D eigenvalue weighted by Crippen LogP contribution is 2.37. The smallest absolute Gasteiger partial charge is 0.146 e. The Morgan fingerprint density at radius 2 is 2.11 bits per heavy atom. The minimum atomic E-state index is -1.17. The van der Waals surface area contributed by atoms with Crippen LogP contribution in [-0.4, -0.2) is 54.6 Å². The van der Waals surface area contributed by atoms with Crippen LogP contribution in [0.4, 0.5) is 5.82 Å². The lowest BCUT2D eigenvalue weighted by atomic mass is 10.1. The molecule has 0 saturated carbocycles. The lowest BCUT2D eigenvalue weighted by Crippen LogP contribution is -2.32. The number of rotatable bonds is 2. The van der Waals surface area contributed by atoms with Gasteiger partial charge in [-0.05, 0) is 11.5 Å². The number of aromatic nitrogens is 3. The molecule has 0 amide bonds. The summed E-state index contributed by atoms with van der Waals surface area (Å²) in [5.41, 5.74) is 6.60. The molecule has 1 aliphatic heterocycles. The molecule has 0 bridgehead atoms. The summed E-state index contributed by atoms with van der Waals surface area (Å²) >= 11 is 1.10. The number of nitrogens with two attached hydrogens (primary N) is 1. The fourth-order valence-electron chi connectivity index (χ4n) is 2.11. The van der Waals surface area contributed by atoms with Gasteiger partial charge in [-0.2, -0.15) is 4.37 Å². The minimum absolute atomic E-state index is 0.306. The quantitative estimate of drug-likeness (QED) is 0.541. The lowest BCUT2D eigenvalue weighted by Gasteiger charge is -2.12. The lowest BCUT2D eigenvalue weighted by molar-refractivity contribution is -0.0233. The van der Waals surface area contributed by atoms with Crippen molar-refractivity contribution in [2.75, 3.05) is 12.3 Å². The number of hydrogen-bond acceptors (Lipinski definition) is 9. The standard InChI is InChI=1S/C10H12N4O4S/c11-10-9-5(12-2-13-10)4(14-19-9)8-7(17)6(16)3(1-15)18-8/h2-3,6-8,15-17H,1H2,(H2,11,12,13)/t3-,6-,7-,8-/m1/s1. The normalized spacial score (nSPS) is 31.1. The van der Waals surface area contributed by atoms with E-state index in [-0.39, 0.29) is 6.61 Å². The summed E-state index contributed by atoms with van der Waals surface area (Å²) in [5.74, 6) is 0.306. The van der Waals surface area contributed by atoms with Crippen LogP contribution in [0.3, 0.4) is 0 Å². The van der Waals surface area contributed by atoms with Crippen molar-refractivity contribution < 1.29 is 20.1 Å². The Bertz CT molecular complexity index is 606. The summed E-state index contributed by atoms with van der Waals surface area (Å²) in [6.07, 6.45) is -2.70. The molecule has 0 aromatic carbocycles. The first-order valence-electron chi connectivity index (χ1n) is 5.61. The van der Waals surface area contributed by atoms with E-state index < -0.39 is 24.4 Å². The second-order valence-electron chi connectivity index (χ2n) is 4.26. The highest BCUT2D eigenvalue weighted by atomic mass is 32.1. The molecule has 2 aromatic rings. The highest BCUT2D eigenvalue weighted by molar-refractivity contribution is 7.14. The molecule has 2 aromatic heterocycles. The van der Waals surface area contributed by atoms with Crippen LogP contribution in [0.1, 0.15) is 11.8 Å². The zero-order valence-corrected chi connectivity index (χ0v) is 10.5. The van der Waals surface area contributed by atoms with Gasteiger partial charge in [-0.3, -0.25) is 0 Å². The van der Waals surface area contributed by atoms with Gasteiger partial charge in [0, 0.05) is 0 Å². The van der Waals surface area contributed by atoms with Gasteiger partial charge in [0.15, 0.2) is 0 Å². The Balaban J connectivity index is 2.04. The van der Waals surface area contributed by atoms with Crippen molar-refractivity contribution in [3.05, 3.63) is 12.0 Å². The first-order chi connectivity index (χ1) is 9.13. The van der Waals surface area contributed by atoms with Gasteiger partial charge in [0.05, 0.1) is 6.61 Å². The molecule has 0 aliphatic carbocycles. The van der Waals surface area contributed by atoms with E-state index in [4.69, 9.17) is 15.6 Å². The molecule has 5 N–H and O–H groups in total. The topological polar surface area (TPSA) is 135 Å². The second kappa shape index (κ2) is 4.62. The number of fused-ring (bicyclic) bond motifs is 1. The van der Waals surface area contributed by atoms with E-state index in [1.165, 1.54) is 6.33 Å². The molecule has 0 spiro atoms. The van der Waals surface area contributed by atoms with Gasteiger partial charge in [-0.1, -0.05) is 0 Å². The van der Waals surface area contributed by atoms with Gasteiger partial charge in [0.1, 0.15) is 52.5 Å². The van der Waals surface area contributed by atoms with E-state index in [1.54, 1.807) is 0 Å².